The fourth-order valence-electron chi connectivity index (χ4n) is 1.18. The number of methoxy groups -OCH3 is 1. The molecule has 0 aromatic rings. The first kappa shape index (κ1) is 22.1. The Labute approximate surface area is 121 Å². The van der Waals surface area contributed by atoms with Crippen molar-refractivity contribution in [3.63, 3.8) is 0 Å². The topological polar surface area (TPSA) is 41.5 Å². The number of halogens is 11. The van der Waals surface area contributed by atoms with E-state index >= 15 is 0 Å². The van der Waals surface area contributed by atoms with Crippen LogP contribution in [0.1, 0.15) is 0 Å². The van der Waals surface area contributed by atoms with Crippen molar-refractivity contribution in [3.8, 4) is 0 Å². The maximum Gasteiger partial charge on any atom is 0.460 e. The van der Waals surface area contributed by atoms with Gasteiger partial charge in [0.25, 0.3) is 0 Å². The van der Waals surface area contributed by atoms with Crippen LogP contribution in [-0.2, 0) is 4.74 Å². The standard InChI is InChI=1S/C9H10F11NO2/c1-23-2-4(22)21-3-5(10,11)6(12,13)7(14,15)8(16,17)9(18,19)20/h4,21-22H,2-3H2,1H3. The highest BCUT2D eigenvalue weighted by Crippen LogP contribution is 2.57. The molecule has 0 fully saturated rings. The van der Waals surface area contributed by atoms with Crippen molar-refractivity contribution < 1.29 is 58.1 Å². The van der Waals surface area contributed by atoms with Gasteiger partial charge in [-0.3, -0.25) is 5.32 Å². The molecule has 0 saturated carbocycles. The highest BCUT2D eigenvalue weighted by Gasteiger charge is 2.86. The van der Waals surface area contributed by atoms with Crippen molar-refractivity contribution in [3.05, 3.63) is 0 Å². The highest BCUT2D eigenvalue weighted by atomic mass is 19.4. The second kappa shape index (κ2) is 6.55. The zero-order valence-corrected chi connectivity index (χ0v) is 11.0. The van der Waals surface area contributed by atoms with Crippen LogP contribution < -0.4 is 5.32 Å². The molecule has 0 aliphatic heterocycles. The van der Waals surface area contributed by atoms with E-state index in [1.54, 1.807) is 0 Å². The van der Waals surface area contributed by atoms with Crippen LogP contribution >= 0.6 is 0 Å². The average Bonchev–Trinajstić information content (AvgIpc) is 2.34. The SMILES string of the molecule is COCC(O)NCC(F)(F)C(F)(F)C(F)(F)C(F)(F)C(F)(F)F. The number of alkyl halides is 11. The first-order valence-corrected chi connectivity index (χ1v) is 5.44. The molecule has 0 aromatic carbocycles. The zero-order valence-electron chi connectivity index (χ0n) is 11.0. The summed E-state index contributed by atoms with van der Waals surface area (Å²) in [4.78, 5) is 0. The second-order valence-corrected chi connectivity index (χ2v) is 4.28. The maximum atomic E-state index is 13.1. The molecule has 0 saturated heterocycles. The molecule has 0 bridgehead atoms. The highest BCUT2D eigenvalue weighted by molar-refractivity contribution is 5.06. The van der Waals surface area contributed by atoms with Gasteiger partial charge < -0.3 is 9.84 Å². The van der Waals surface area contributed by atoms with E-state index in [1.807, 2.05) is 0 Å². The van der Waals surface area contributed by atoms with E-state index in [-0.39, 0.29) is 0 Å². The summed E-state index contributed by atoms with van der Waals surface area (Å²) < 4.78 is 142. The average molecular weight is 373 g/mol. The Morgan fingerprint density at radius 2 is 1.26 bits per heavy atom. The van der Waals surface area contributed by atoms with Crippen LogP contribution in [-0.4, -0.2) is 61.5 Å². The smallest absolute Gasteiger partial charge is 0.381 e. The van der Waals surface area contributed by atoms with Crippen molar-refractivity contribution in [1.82, 2.24) is 5.32 Å². The molecule has 0 aromatic heterocycles. The lowest BCUT2D eigenvalue weighted by Crippen LogP contribution is -2.68. The normalized spacial score (nSPS) is 16.6. The summed E-state index contributed by atoms with van der Waals surface area (Å²) >= 11 is 0. The summed E-state index contributed by atoms with van der Waals surface area (Å²) in [6, 6.07) is 0. The molecule has 0 spiro atoms. The first-order chi connectivity index (χ1) is 9.95. The van der Waals surface area contributed by atoms with Crippen LogP contribution in [0.4, 0.5) is 48.3 Å². The number of aliphatic hydroxyl groups is 1. The van der Waals surface area contributed by atoms with E-state index in [0.717, 1.165) is 12.4 Å². The Morgan fingerprint density at radius 3 is 1.61 bits per heavy atom. The fraction of sp³-hybridized carbons (Fsp3) is 1.00. The molecule has 0 radical (unpaired) electrons. The predicted molar refractivity (Wildman–Crippen MR) is 51.7 cm³/mol. The van der Waals surface area contributed by atoms with E-state index in [2.05, 4.69) is 4.74 Å². The third-order valence-electron chi connectivity index (χ3n) is 2.49. The van der Waals surface area contributed by atoms with E-state index in [1.165, 1.54) is 0 Å². The predicted octanol–water partition coefficient (Wildman–Crippen LogP) is 2.64. The van der Waals surface area contributed by atoms with Gasteiger partial charge in [-0.2, -0.15) is 48.3 Å². The van der Waals surface area contributed by atoms with E-state index in [4.69, 9.17) is 5.11 Å². The summed E-state index contributed by atoms with van der Waals surface area (Å²) in [5, 5.41) is 9.97. The van der Waals surface area contributed by atoms with Crippen LogP contribution in [0, 0.1) is 0 Å². The van der Waals surface area contributed by atoms with Crippen LogP contribution in [0.3, 0.4) is 0 Å². The van der Waals surface area contributed by atoms with Gasteiger partial charge in [0.15, 0.2) is 0 Å². The van der Waals surface area contributed by atoms with Gasteiger partial charge in [-0.25, -0.2) is 0 Å². The van der Waals surface area contributed by atoms with Crippen LogP contribution in [0.25, 0.3) is 0 Å². The van der Waals surface area contributed by atoms with E-state index in [0.29, 0.717) is 0 Å². The molecule has 23 heavy (non-hydrogen) atoms. The number of rotatable bonds is 8. The van der Waals surface area contributed by atoms with Crippen LogP contribution in [0.2, 0.25) is 0 Å². The maximum absolute atomic E-state index is 13.1. The van der Waals surface area contributed by atoms with Crippen molar-refractivity contribution in [2.24, 2.45) is 0 Å². The van der Waals surface area contributed by atoms with Crippen molar-refractivity contribution in [1.29, 1.82) is 0 Å². The van der Waals surface area contributed by atoms with Crippen LogP contribution in [0.5, 0.6) is 0 Å². The quantitative estimate of drug-likeness (QED) is 0.508. The van der Waals surface area contributed by atoms with Crippen LogP contribution in [0.15, 0.2) is 0 Å². The first-order valence-electron chi connectivity index (χ1n) is 5.44. The van der Waals surface area contributed by atoms with Crippen molar-refractivity contribution >= 4 is 0 Å². The number of hydrogen-bond donors (Lipinski definition) is 2. The minimum absolute atomic E-state index is 0.781. The minimum atomic E-state index is -7.45. The molecule has 3 nitrogen and oxygen atoms in total. The zero-order chi connectivity index (χ0) is 18.9. The fourth-order valence-corrected chi connectivity index (χ4v) is 1.18. The van der Waals surface area contributed by atoms with E-state index in [9.17, 15) is 48.3 Å². The molecular weight excluding hydrogens is 363 g/mol. The monoisotopic (exact) mass is 373 g/mol. The van der Waals surface area contributed by atoms with Gasteiger partial charge >= 0.3 is 29.9 Å². The summed E-state index contributed by atoms with van der Waals surface area (Å²) in [5.41, 5.74) is 0. The molecular formula is C9H10F11NO2. The summed E-state index contributed by atoms with van der Waals surface area (Å²) in [7, 11) is 0.926. The second-order valence-electron chi connectivity index (χ2n) is 4.28. The number of aliphatic hydroxyl groups excluding tert-OH is 1. The minimum Gasteiger partial charge on any atom is -0.381 e. The summed E-state index contributed by atoms with van der Waals surface area (Å²) in [6.45, 7) is -3.30. The Balaban J connectivity index is 5.49. The van der Waals surface area contributed by atoms with Crippen molar-refractivity contribution in [2.75, 3.05) is 20.3 Å². The molecule has 0 rings (SSSR count). The number of nitrogens with one attached hydrogen (secondary N) is 1. The van der Waals surface area contributed by atoms with Gasteiger partial charge in [0.1, 0.15) is 6.23 Å². The lowest BCUT2D eigenvalue weighted by Gasteiger charge is -2.37. The molecule has 0 aliphatic carbocycles. The molecule has 0 heterocycles. The third-order valence-corrected chi connectivity index (χ3v) is 2.49. The molecule has 140 valence electrons. The molecule has 1 unspecified atom stereocenters. The molecule has 14 heteroatoms. The summed E-state index contributed by atoms with van der Waals surface area (Å²) in [6.07, 6.45) is -9.28. The Morgan fingerprint density at radius 1 is 0.826 bits per heavy atom. The lowest BCUT2D eigenvalue weighted by atomic mass is 9.98. The van der Waals surface area contributed by atoms with Gasteiger partial charge in [-0.15, -0.1) is 0 Å². The lowest BCUT2D eigenvalue weighted by molar-refractivity contribution is -0.421. The van der Waals surface area contributed by atoms with Gasteiger partial charge in [0.05, 0.1) is 13.2 Å². The Hall–Kier alpha value is -0.890. The number of ether oxygens (including phenoxy) is 1. The molecule has 2 N–H and O–H groups in total. The summed E-state index contributed by atoms with van der Waals surface area (Å²) in [5.74, 6) is -28.0. The van der Waals surface area contributed by atoms with E-state index < -0.39 is 49.2 Å². The largest absolute Gasteiger partial charge is 0.460 e. The van der Waals surface area contributed by atoms with Crippen molar-refractivity contribution in [2.45, 2.75) is 36.1 Å². The van der Waals surface area contributed by atoms with Gasteiger partial charge in [0, 0.05) is 7.11 Å². The molecule has 0 aliphatic rings. The van der Waals surface area contributed by atoms with Gasteiger partial charge in [-0.05, 0) is 0 Å². The van der Waals surface area contributed by atoms with Gasteiger partial charge in [0.2, 0.25) is 0 Å². The molecule has 1 atom stereocenters. The third kappa shape index (κ3) is 3.96. The molecule has 0 amide bonds. The van der Waals surface area contributed by atoms with Gasteiger partial charge in [-0.1, -0.05) is 0 Å². The number of hydrogen-bond acceptors (Lipinski definition) is 3. The Kier molecular flexibility index (Phi) is 6.29. The Bertz CT molecular complexity index is 395.